The van der Waals surface area contributed by atoms with E-state index in [9.17, 15) is 23.5 Å². The number of aromatic nitrogens is 4. The van der Waals surface area contributed by atoms with Crippen LogP contribution >= 0.6 is 19.3 Å². The summed E-state index contributed by atoms with van der Waals surface area (Å²) in [5, 5.41) is 2.21. The van der Waals surface area contributed by atoms with Crippen molar-refractivity contribution >= 4 is 54.4 Å². The van der Waals surface area contributed by atoms with Crippen LogP contribution < -0.4 is 10.2 Å². The van der Waals surface area contributed by atoms with E-state index in [-0.39, 0.29) is 41.3 Å². The third kappa shape index (κ3) is 8.87. The number of carbonyl (C=O) groups excluding carboxylic acids is 3. The van der Waals surface area contributed by atoms with Gasteiger partial charge in [0, 0.05) is 6.54 Å². The predicted octanol–water partition coefficient (Wildman–Crippen LogP) is 4.86. The van der Waals surface area contributed by atoms with Crippen LogP contribution in [0.25, 0.3) is 11.2 Å². The van der Waals surface area contributed by atoms with Crippen LogP contribution in [0.3, 0.4) is 0 Å². The normalized spacial score (nSPS) is 22.8. The molecule has 1 unspecified atom stereocenters. The lowest BCUT2D eigenvalue weighted by Gasteiger charge is -2.28. The summed E-state index contributed by atoms with van der Waals surface area (Å²) in [5.74, 6) is -3.85. The highest BCUT2D eigenvalue weighted by atomic mass is 35.5. The van der Waals surface area contributed by atoms with Crippen LogP contribution in [0.5, 0.6) is 0 Å². The Labute approximate surface area is 283 Å². The molecule has 2 saturated heterocycles. The van der Waals surface area contributed by atoms with Gasteiger partial charge in [0.2, 0.25) is 11.1 Å². The van der Waals surface area contributed by atoms with E-state index in [4.69, 9.17) is 40.0 Å². The highest BCUT2D eigenvalue weighted by molar-refractivity contribution is 7.33. The van der Waals surface area contributed by atoms with Crippen molar-refractivity contribution in [1.29, 1.82) is 0 Å². The van der Waals surface area contributed by atoms with Gasteiger partial charge in [-0.2, -0.15) is 14.9 Å². The lowest BCUT2D eigenvalue weighted by Crippen LogP contribution is -2.44. The summed E-state index contributed by atoms with van der Waals surface area (Å²) in [6, 6.07) is 0. The van der Waals surface area contributed by atoms with Gasteiger partial charge < -0.3 is 33.7 Å². The molecule has 4 rings (SSSR count). The monoisotopic (exact) mass is 716 g/mol. The number of fused-ring (bicyclic) bond motifs is 2. The second-order valence-corrected chi connectivity index (χ2v) is 15.6. The maximum Gasteiger partial charge on any atom is 0.425 e. The molecule has 0 aromatic carbocycles. The Hall–Kier alpha value is -3.21. The SMILES string of the molecule is CC(C)CNC(=O)C(OC[C@H]1O[C@@H](n2cnc3c(N(C(=O)OC(C)(C)C)C(=O)OC(C)(C)C)nc(Cl)nc32)[C@@H]2OC(C)(C)O[C@@H]21)P(=O)=O. The van der Waals surface area contributed by atoms with Gasteiger partial charge >= 0.3 is 19.9 Å². The molecule has 0 saturated carbocycles. The fraction of sp³-hybridized carbons (Fsp3) is 0.724. The van der Waals surface area contributed by atoms with Crippen molar-refractivity contribution in [3.63, 3.8) is 0 Å². The van der Waals surface area contributed by atoms with E-state index in [0.29, 0.717) is 4.90 Å². The highest BCUT2D eigenvalue weighted by Crippen LogP contribution is 2.44. The maximum absolute atomic E-state index is 13.4. The van der Waals surface area contributed by atoms with E-state index in [1.54, 1.807) is 55.4 Å². The summed E-state index contributed by atoms with van der Waals surface area (Å²) in [6.45, 7) is 16.8. The van der Waals surface area contributed by atoms with Gasteiger partial charge in [-0.15, -0.1) is 0 Å². The van der Waals surface area contributed by atoms with Gasteiger partial charge in [0.25, 0.3) is 5.91 Å². The predicted molar refractivity (Wildman–Crippen MR) is 169 cm³/mol. The van der Waals surface area contributed by atoms with Crippen molar-refractivity contribution in [3.05, 3.63) is 11.6 Å². The summed E-state index contributed by atoms with van der Waals surface area (Å²) in [7, 11) is -3.29. The highest BCUT2D eigenvalue weighted by Gasteiger charge is 2.56. The molecule has 19 heteroatoms. The molecule has 0 aliphatic carbocycles. The molecule has 2 fully saturated rings. The number of imidazole rings is 1. The minimum Gasteiger partial charge on any atom is -0.443 e. The van der Waals surface area contributed by atoms with Crippen LogP contribution in [-0.4, -0.2) is 91.9 Å². The average molecular weight is 717 g/mol. The van der Waals surface area contributed by atoms with Crippen LogP contribution in [0.2, 0.25) is 5.28 Å². The first-order valence-corrected chi connectivity index (χ1v) is 16.9. The molecule has 0 bridgehead atoms. The second kappa shape index (κ2) is 14.0. The number of rotatable bonds is 9. The Morgan fingerprint density at radius 3 is 2.17 bits per heavy atom. The van der Waals surface area contributed by atoms with Gasteiger partial charge in [-0.25, -0.2) is 23.7 Å². The number of hydrogen-bond acceptors (Lipinski definition) is 14. The number of nitrogens with zero attached hydrogens (tertiary/aromatic N) is 5. The first-order chi connectivity index (χ1) is 22.1. The van der Waals surface area contributed by atoms with Crippen LogP contribution in [-0.2, 0) is 42.3 Å². The molecule has 0 radical (unpaired) electrons. The van der Waals surface area contributed by atoms with Crippen molar-refractivity contribution in [2.75, 3.05) is 18.1 Å². The van der Waals surface area contributed by atoms with E-state index in [1.807, 2.05) is 13.8 Å². The second-order valence-electron chi connectivity index (χ2n) is 14.2. The molecule has 3 amide bonds. The molecule has 266 valence electrons. The average Bonchev–Trinajstić information content (AvgIpc) is 3.56. The number of nitrogens with one attached hydrogen (secondary N) is 1. The minimum atomic E-state index is -3.29. The topological polar surface area (TPSA) is 200 Å². The largest absolute Gasteiger partial charge is 0.443 e. The van der Waals surface area contributed by atoms with Crippen LogP contribution in [0.1, 0.15) is 75.5 Å². The molecule has 4 heterocycles. The zero-order valence-corrected chi connectivity index (χ0v) is 30.2. The molecular weight excluding hydrogens is 675 g/mol. The smallest absolute Gasteiger partial charge is 0.425 e. The first kappa shape index (κ1) is 37.6. The van der Waals surface area contributed by atoms with Gasteiger partial charge in [-0.1, -0.05) is 13.8 Å². The van der Waals surface area contributed by atoms with E-state index in [1.165, 1.54) is 10.9 Å². The van der Waals surface area contributed by atoms with E-state index >= 15 is 0 Å². The molecular formula is C29H42ClN6O11P. The molecule has 17 nitrogen and oxygen atoms in total. The summed E-state index contributed by atoms with van der Waals surface area (Å²) >= 11 is 6.35. The zero-order valence-electron chi connectivity index (χ0n) is 28.5. The quantitative estimate of drug-likeness (QED) is 0.272. The van der Waals surface area contributed by atoms with Gasteiger partial charge in [0.15, 0.2) is 29.0 Å². The summed E-state index contributed by atoms with van der Waals surface area (Å²) in [5.41, 5.74) is -1.96. The van der Waals surface area contributed by atoms with Gasteiger partial charge in [-0.3, -0.25) is 9.36 Å². The Bertz CT molecular complexity index is 1580. The Morgan fingerprint density at radius 1 is 1.04 bits per heavy atom. The van der Waals surface area contributed by atoms with Crippen molar-refractivity contribution in [2.24, 2.45) is 5.92 Å². The molecule has 48 heavy (non-hydrogen) atoms. The van der Waals surface area contributed by atoms with E-state index < -0.39 is 73.1 Å². The van der Waals surface area contributed by atoms with Gasteiger partial charge in [0.1, 0.15) is 29.5 Å². The lowest BCUT2D eigenvalue weighted by atomic mass is 10.1. The number of imide groups is 1. The van der Waals surface area contributed by atoms with Crippen LogP contribution in [0, 0.1) is 5.92 Å². The molecule has 5 atom stereocenters. The number of anilines is 1. The summed E-state index contributed by atoms with van der Waals surface area (Å²) < 4.78 is 60.4. The summed E-state index contributed by atoms with van der Waals surface area (Å²) in [6.07, 6.45) is -4.33. The number of amides is 3. The molecule has 2 aliphatic heterocycles. The summed E-state index contributed by atoms with van der Waals surface area (Å²) in [4.78, 5) is 52.8. The number of hydrogen-bond donors (Lipinski definition) is 1. The van der Waals surface area contributed by atoms with Gasteiger partial charge in [-0.05, 0) is 72.9 Å². The molecule has 0 spiro atoms. The Kier molecular flexibility index (Phi) is 10.9. The lowest BCUT2D eigenvalue weighted by molar-refractivity contribution is -0.202. The molecule has 2 aliphatic rings. The number of carbonyl (C=O) groups is 3. The standard InChI is InChI=1S/C29H42ClN6O11P/c1-14(2)11-31-21(37)23(48(40)41)42-12-15-17-18(45-29(9,10)44-17)22(43-15)35-13-32-16-19(35)33-24(30)34-20(16)36(25(38)46-27(3,4)5)26(39)47-28(6,7)8/h13-15,17-18,22-23H,11-12H2,1-10H3,(H,31,37)/t15-,17-,18-,22-,23?/m1/s1. The van der Waals surface area contributed by atoms with Crippen molar-refractivity contribution in [2.45, 2.75) is 117 Å². The van der Waals surface area contributed by atoms with Gasteiger partial charge in [0.05, 0.1) is 12.9 Å². The molecule has 2 aromatic rings. The Balaban J connectivity index is 1.70. The fourth-order valence-corrected chi connectivity index (χ4v) is 5.56. The van der Waals surface area contributed by atoms with E-state index in [0.717, 1.165) is 0 Å². The third-order valence-electron chi connectivity index (χ3n) is 6.66. The number of halogens is 1. The molecule has 1 N–H and O–H groups in total. The van der Waals surface area contributed by atoms with Crippen molar-refractivity contribution < 1.29 is 51.9 Å². The third-order valence-corrected chi connectivity index (χ3v) is 7.59. The van der Waals surface area contributed by atoms with Crippen LogP contribution in [0.15, 0.2) is 6.33 Å². The van der Waals surface area contributed by atoms with Crippen molar-refractivity contribution in [1.82, 2.24) is 24.8 Å². The molecule has 2 aromatic heterocycles. The minimum absolute atomic E-state index is 0.0283. The fourth-order valence-electron chi connectivity index (χ4n) is 4.91. The van der Waals surface area contributed by atoms with Crippen LogP contribution in [0.4, 0.5) is 15.4 Å². The van der Waals surface area contributed by atoms with E-state index in [2.05, 4.69) is 20.3 Å². The Morgan fingerprint density at radius 2 is 1.62 bits per heavy atom. The number of ether oxygens (including phenoxy) is 6. The maximum atomic E-state index is 13.4. The first-order valence-electron chi connectivity index (χ1n) is 15.3. The zero-order chi connectivity index (χ0) is 35.9. The van der Waals surface area contributed by atoms with Crippen molar-refractivity contribution in [3.8, 4) is 0 Å².